The van der Waals surface area contributed by atoms with Crippen LogP contribution in [0.25, 0.3) is 11.1 Å². The summed E-state index contributed by atoms with van der Waals surface area (Å²) in [6.07, 6.45) is 5.37. The molecular weight excluding hydrogens is 480 g/mol. The van der Waals surface area contributed by atoms with E-state index in [1.54, 1.807) is 73.0 Å². The third kappa shape index (κ3) is 6.28. The van der Waals surface area contributed by atoms with Crippen molar-refractivity contribution < 1.29 is 19.5 Å². The molecule has 192 valence electrons. The number of amides is 2. The number of benzene rings is 2. The van der Waals surface area contributed by atoms with Crippen LogP contribution in [0.4, 0.5) is 5.82 Å². The highest BCUT2D eigenvalue weighted by Crippen LogP contribution is 2.29. The van der Waals surface area contributed by atoms with Crippen molar-refractivity contribution in [3.05, 3.63) is 114 Å². The average molecular weight is 509 g/mol. The number of hydrogen-bond donors (Lipinski definition) is 1. The minimum absolute atomic E-state index is 0.0660. The molecule has 0 aliphatic rings. The highest BCUT2D eigenvalue weighted by atomic mass is 16.4. The molecule has 8 nitrogen and oxygen atoms in total. The first kappa shape index (κ1) is 26.2. The van der Waals surface area contributed by atoms with Crippen LogP contribution in [0, 0.1) is 0 Å². The summed E-state index contributed by atoms with van der Waals surface area (Å²) in [5.74, 6) is -1.03. The Kier molecular flexibility index (Phi) is 8.56. The third-order valence-corrected chi connectivity index (χ3v) is 6.21. The van der Waals surface area contributed by atoms with Gasteiger partial charge in [0.25, 0.3) is 11.8 Å². The highest BCUT2D eigenvalue weighted by molar-refractivity contribution is 6.11. The lowest BCUT2D eigenvalue weighted by atomic mass is 9.94. The summed E-state index contributed by atoms with van der Waals surface area (Å²) in [5.41, 5.74) is 3.02. The third-order valence-electron chi connectivity index (χ3n) is 6.21. The molecule has 0 aliphatic carbocycles. The van der Waals surface area contributed by atoms with Crippen LogP contribution in [-0.2, 0) is 11.2 Å². The van der Waals surface area contributed by atoms with Crippen molar-refractivity contribution in [2.45, 2.75) is 12.8 Å². The van der Waals surface area contributed by atoms with Gasteiger partial charge in [-0.2, -0.15) is 0 Å². The highest BCUT2D eigenvalue weighted by Gasteiger charge is 2.24. The van der Waals surface area contributed by atoms with E-state index in [-0.39, 0.29) is 24.8 Å². The number of aliphatic carboxylic acids is 1. The predicted molar refractivity (Wildman–Crippen MR) is 145 cm³/mol. The Hall–Kier alpha value is -4.85. The lowest BCUT2D eigenvalue weighted by Gasteiger charge is -2.24. The maximum Gasteiger partial charge on any atom is 0.305 e. The smallest absolute Gasteiger partial charge is 0.305 e. The SMILES string of the molecule is CN(C(=O)c1ccccc1-c1ccccc1C(=O)N(CCC(=O)O)CCc1ccncc1)c1ccccn1. The van der Waals surface area contributed by atoms with E-state index in [0.717, 1.165) is 5.56 Å². The number of pyridine rings is 2. The van der Waals surface area contributed by atoms with Crippen molar-refractivity contribution >= 4 is 23.6 Å². The zero-order chi connectivity index (χ0) is 26.9. The van der Waals surface area contributed by atoms with Gasteiger partial charge in [-0.25, -0.2) is 4.98 Å². The molecule has 4 rings (SSSR count). The van der Waals surface area contributed by atoms with Crippen molar-refractivity contribution in [3.8, 4) is 11.1 Å². The van der Waals surface area contributed by atoms with E-state index in [2.05, 4.69) is 9.97 Å². The van der Waals surface area contributed by atoms with Gasteiger partial charge in [0.1, 0.15) is 5.82 Å². The molecule has 2 aromatic carbocycles. The average Bonchev–Trinajstić information content (AvgIpc) is 2.97. The number of carboxylic acid groups (broad SMARTS) is 1. The molecule has 0 spiro atoms. The van der Waals surface area contributed by atoms with E-state index in [9.17, 15) is 19.5 Å². The summed E-state index contributed by atoms with van der Waals surface area (Å²) >= 11 is 0. The second-order valence-electron chi connectivity index (χ2n) is 8.68. The van der Waals surface area contributed by atoms with Gasteiger partial charge in [-0.3, -0.25) is 24.3 Å². The maximum atomic E-state index is 13.8. The molecule has 0 saturated heterocycles. The van der Waals surface area contributed by atoms with Crippen molar-refractivity contribution in [2.75, 3.05) is 25.0 Å². The van der Waals surface area contributed by atoms with E-state index in [1.165, 1.54) is 4.90 Å². The molecule has 2 amide bonds. The number of anilines is 1. The normalized spacial score (nSPS) is 10.6. The predicted octanol–water partition coefficient (Wildman–Crippen LogP) is 4.58. The van der Waals surface area contributed by atoms with Crippen LogP contribution in [0.3, 0.4) is 0 Å². The molecule has 0 fully saturated rings. The van der Waals surface area contributed by atoms with E-state index in [4.69, 9.17) is 0 Å². The molecule has 1 N–H and O–H groups in total. The second-order valence-corrected chi connectivity index (χ2v) is 8.68. The molecule has 0 radical (unpaired) electrons. The number of rotatable bonds is 10. The van der Waals surface area contributed by atoms with E-state index >= 15 is 0 Å². The summed E-state index contributed by atoms with van der Waals surface area (Å²) in [6, 6.07) is 23.3. The van der Waals surface area contributed by atoms with Crippen LogP contribution in [0.15, 0.2) is 97.5 Å². The van der Waals surface area contributed by atoms with Gasteiger partial charge in [0.2, 0.25) is 0 Å². The zero-order valence-corrected chi connectivity index (χ0v) is 21.0. The molecule has 4 aromatic rings. The van der Waals surface area contributed by atoms with Gasteiger partial charge in [0, 0.05) is 49.9 Å². The van der Waals surface area contributed by atoms with Gasteiger partial charge < -0.3 is 10.0 Å². The van der Waals surface area contributed by atoms with Crippen LogP contribution < -0.4 is 4.90 Å². The first-order valence-corrected chi connectivity index (χ1v) is 12.2. The number of aromatic nitrogens is 2. The summed E-state index contributed by atoms with van der Waals surface area (Å²) in [7, 11) is 1.66. The standard InChI is InChI=1S/C30H28N4O4/c1-33(27-12-6-7-17-32-27)29(37)25-10-4-2-8-23(25)24-9-3-5-11-26(24)30(38)34(21-16-28(35)36)20-15-22-13-18-31-19-14-22/h2-14,17-19H,15-16,20-21H2,1H3,(H,35,36). The van der Waals surface area contributed by atoms with Gasteiger partial charge in [-0.05, 0) is 59.5 Å². The van der Waals surface area contributed by atoms with E-state index < -0.39 is 5.97 Å². The van der Waals surface area contributed by atoms with Crippen LogP contribution in [0.1, 0.15) is 32.7 Å². The van der Waals surface area contributed by atoms with Crippen LogP contribution in [-0.4, -0.2) is 57.9 Å². The molecule has 2 aromatic heterocycles. The Labute approximate surface area is 221 Å². The summed E-state index contributed by atoms with van der Waals surface area (Å²) in [4.78, 5) is 50.0. The van der Waals surface area contributed by atoms with Crippen LogP contribution in [0.5, 0.6) is 0 Å². The Morgan fingerprint density at radius 2 is 1.34 bits per heavy atom. The summed E-state index contributed by atoms with van der Waals surface area (Å²) in [6.45, 7) is 0.407. The fourth-order valence-corrected chi connectivity index (χ4v) is 4.18. The quantitative estimate of drug-likeness (QED) is 0.336. The first-order chi connectivity index (χ1) is 18.5. The maximum absolute atomic E-state index is 13.8. The summed E-state index contributed by atoms with van der Waals surface area (Å²) in [5, 5.41) is 9.28. The van der Waals surface area contributed by atoms with Crippen molar-refractivity contribution in [1.82, 2.24) is 14.9 Å². The number of carbonyl (C=O) groups is 3. The van der Waals surface area contributed by atoms with Crippen molar-refractivity contribution in [1.29, 1.82) is 0 Å². The Morgan fingerprint density at radius 1 is 0.737 bits per heavy atom. The zero-order valence-electron chi connectivity index (χ0n) is 21.0. The number of nitrogens with zero attached hydrogens (tertiary/aromatic N) is 4. The number of hydrogen-bond acceptors (Lipinski definition) is 5. The fourth-order valence-electron chi connectivity index (χ4n) is 4.18. The molecule has 0 unspecified atom stereocenters. The van der Waals surface area contributed by atoms with Gasteiger partial charge in [0.15, 0.2) is 0 Å². The van der Waals surface area contributed by atoms with Gasteiger partial charge in [-0.1, -0.05) is 42.5 Å². The van der Waals surface area contributed by atoms with Crippen molar-refractivity contribution in [2.24, 2.45) is 0 Å². The first-order valence-electron chi connectivity index (χ1n) is 12.2. The monoisotopic (exact) mass is 508 g/mol. The molecule has 0 aliphatic heterocycles. The summed E-state index contributed by atoms with van der Waals surface area (Å²) < 4.78 is 0. The number of carbonyl (C=O) groups excluding carboxylic acids is 2. The Bertz CT molecular complexity index is 1410. The second kappa shape index (κ2) is 12.4. The lowest BCUT2D eigenvalue weighted by molar-refractivity contribution is -0.137. The van der Waals surface area contributed by atoms with E-state index in [0.29, 0.717) is 41.0 Å². The molecule has 0 bridgehead atoms. The Balaban J connectivity index is 1.67. The molecule has 2 heterocycles. The van der Waals surface area contributed by atoms with E-state index in [1.807, 2.05) is 36.4 Å². The van der Waals surface area contributed by atoms with Gasteiger partial charge in [-0.15, -0.1) is 0 Å². The largest absolute Gasteiger partial charge is 0.481 e. The van der Waals surface area contributed by atoms with Gasteiger partial charge in [0.05, 0.1) is 6.42 Å². The lowest BCUT2D eigenvalue weighted by Crippen LogP contribution is -2.35. The molecular formula is C30H28N4O4. The molecule has 0 atom stereocenters. The van der Waals surface area contributed by atoms with Gasteiger partial charge >= 0.3 is 5.97 Å². The minimum atomic E-state index is -0.978. The molecule has 38 heavy (non-hydrogen) atoms. The number of carboxylic acids is 1. The molecule has 8 heteroatoms. The fraction of sp³-hybridized carbons (Fsp3) is 0.167. The van der Waals surface area contributed by atoms with Crippen molar-refractivity contribution in [3.63, 3.8) is 0 Å². The topological polar surface area (TPSA) is 104 Å². The molecule has 0 saturated carbocycles. The van der Waals surface area contributed by atoms with Crippen LogP contribution >= 0.6 is 0 Å². The van der Waals surface area contributed by atoms with Crippen LogP contribution in [0.2, 0.25) is 0 Å². The minimum Gasteiger partial charge on any atom is -0.481 e. The Morgan fingerprint density at radius 3 is 1.95 bits per heavy atom.